The van der Waals surface area contributed by atoms with E-state index in [9.17, 15) is 4.39 Å². The maximum absolute atomic E-state index is 13.1. The van der Waals surface area contributed by atoms with Crippen LogP contribution in [0.5, 0.6) is 0 Å². The summed E-state index contributed by atoms with van der Waals surface area (Å²) < 4.78 is 13.1. The molecular formula is C16H25FN2. The van der Waals surface area contributed by atoms with Crippen LogP contribution in [0.15, 0.2) is 18.2 Å². The summed E-state index contributed by atoms with van der Waals surface area (Å²) in [4.78, 5) is 2.54. The first-order chi connectivity index (χ1) is 9.15. The van der Waals surface area contributed by atoms with Gasteiger partial charge < -0.3 is 10.2 Å². The fourth-order valence-corrected chi connectivity index (χ4v) is 2.68. The summed E-state index contributed by atoms with van der Waals surface area (Å²) in [5.41, 5.74) is 2.34. The lowest BCUT2D eigenvalue weighted by Crippen LogP contribution is -2.39. The van der Waals surface area contributed by atoms with Crippen LogP contribution in [0.3, 0.4) is 0 Å². The molecule has 1 aliphatic rings. The molecule has 2 nitrogen and oxygen atoms in total. The van der Waals surface area contributed by atoms with E-state index in [1.807, 2.05) is 13.0 Å². The molecule has 3 heteroatoms. The minimum Gasteiger partial charge on any atom is -0.314 e. The van der Waals surface area contributed by atoms with E-state index in [2.05, 4.69) is 17.1 Å². The van der Waals surface area contributed by atoms with E-state index in [1.54, 1.807) is 12.1 Å². The molecule has 0 bridgehead atoms. The summed E-state index contributed by atoms with van der Waals surface area (Å²) in [6.45, 7) is 8.78. The SMILES string of the molecule is Cc1cc(F)ccc1CCN1CCCNC(C)CC1. The molecule has 0 spiro atoms. The Morgan fingerprint density at radius 3 is 3.00 bits per heavy atom. The minimum absolute atomic E-state index is 0.132. The van der Waals surface area contributed by atoms with Crippen molar-refractivity contribution in [2.45, 2.75) is 39.2 Å². The number of nitrogens with zero attached hydrogens (tertiary/aromatic N) is 1. The highest BCUT2D eigenvalue weighted by Gasteiger charge is 2.12. The van der Waals surface area contributed by atoms with E-state index >= 15 is 0 Å². The van der Waals surface area contributed by atoms with Gasteiger partial charge in [-0.1, -0.05) is 6.07 Å². The van der Waals surface area contributed by atoms with Gasteiger partial charge in [0.05, 0.1) is 0 Å². The van der Waals surface area contributed by atoms with Gasteiger partial charge in [-0.3, -0.25) is 0 Å². The molecular weight excluding hydrogens is 239 g/mol. The highest BCUT2D eigenvalue weighted by atomic mass is 19.1. The molecule has 2 rings (SSSR count). The molecule has 1 fully saturated rings. The highest BCUT2D eigenvalue weighted by molar-refractivity contribution is 5.26. The first-order valence-corrected chi connectivity index (χ1v) is 7.36. The fraction of sp³-hybridized carbons (Fsp3) is 0.625. The van der Waals surface area contributed by atoms with Crippen LogP contribution in [0.2, 0.25) is 0 Å². The van der Waals surface area contributed by atoms with Crippen LogP contribution in [0.4, 0.5) is 4.39 Å². The molecule has 0 amide bonds. The third-order valence-electron chi connectivity index (χ3n) is 4.02. The Morgan fingerprint density at radius 2 is 2.21 bits per heavy atom. The Bertz CT molecular complexity index is 406. The van der Waals surface area contributed by atoms with Gasteiger partial charge in [0.1, 0.15) is 5.82 Å². The van der Waals surface area contributed by atoms with Gasteiger partial charge in [-0.15, -0.1) is 0 Å². The van der Waals surface area contributed by atoms with Crippen molar-refractivity contribution in [3.05, 3.63) is 35.1 Å². The van der Waals surface area contributed by atoms with Crippen molar-refractivity contribution >= 4 is 0 Å². The molecule has 1 aromatic rings. The minimum atomic E-state index is -0.132. The van der Waals surface area contributed by atoms with E-state index in [-0.39, 0.29) is 5.82 Å². The van der Waals surface area contributed by atoms with Crippen molar-refractivity contribution in [3.63, 3.8) is 0 Å². The van der Waals surface area contributed by atoms with Gasteiger partial charge in [-0.2, -0.15) is 0 Å². The van der Waals surface area contributed by atoms with Crippen LogP contribution in [0.25, 0.3) is 0 Å². The molecule has 19 heavy (non-hydrogen) atoms. The summed E-state index contributed by atoms with van der Waals surface area (Å²) in [6.07, 6.45) is 3.45. The number of rotatable bonds is 3. The van der Waals surface area contributed by atoms with Crippen molar-refractivity contribution in [1.82, 2.24) is 10.2 Å². The Kier molecular flexibility index (Phi) is 5.34. The second-order valence-electron chi connectivity index (χ2n) is 5.66. The number of halogens is 1. The molecule has 106 valence electrons. The van der Waals surface area contributed by atoms with Gasteiger partial charge in [0.15, 0.2) is 0 Å². The maximum Gasteiger partial charge on any atom is 0.123 e. The van der Waals surface area contributed by atoms with Crippen LogP contribution in [0, 0.1) is 12.7 Å². The Hall–Kier alpha value is -0.930. The standard InChI is InChI=1S/C16H25FN2/c1-13-12-16(17)5-4-15(13)7-11-19-9-3-8-18-14(2)6-10-19/h4-5,12,14,18H,3,6-11H2,1-2H3. The van der Waals surface area contributed by atoms with Crippen LogP contribution in [0.1, 0.15) is 30.9 Å². The van der Waals surface area contributed by atoms with Crippen LogP contribution in [-0.2, 0) is 6.42 Å². The molecule has 0 aromatic heterocycles. The molecule has 1 atom stereocenters. The molecule has 0 radical (unpaired) electrons. The van der Waals surface area contributed by atoms with E-state index in [4.69, 9.17) is 0 Å². The smallest absolute Gasteiger partial charge is 0.123 e. The largest absolute Gasteiger partial charge is 0.314 e. The second kappa shape index (κ2) is 7.01. The van der Waals surface area contributed by atoms with Gasteiger partial charge in [-0.05, 0) is 76.0 Å². The first-order valence-electron chi connectivity index (χ1n) is 7.36. The fourth-order valence-electron chi connectivity index (χ4n) is 2.68. The third-order valence-corrected chi connectivity index (χ3v) is 4.02. The van der Waals surface area contributed by atoms with E-state index in [0.29, 0.717) is 6.04 Å². The summed E-state index contributed by atoms with van der Waals surface area (Å²) in [5.74, 6) is -0.132. The molecule has 1 N–H and O–H groups in total. The lowest BCUT2D eigenvalue weighted by Gasteiger charge is -2.27. The quantitative estimate of drug-likeness (QED) is 0.903. The topological polar surface area (TPSA) is 15.3 Å². The van der Waals surface area contributed by atoms with E-state index in [1.165, 1.54) is 24.9 Å². The molecule has 1 heterocycles. The zero-order valence-electron chi connectivity index (χ0n) is 12.1. The molecule has 1 aromatic carbocycles. The molecule has 1 aliphatic heterocycles. The van der Waals surface area contributed by atoms with Gasteiger partial charge in [0.25, 0.3) is 0 Å². The average molecular weight is 264 g/mol. The Balaban J connectivity index is 1.86. The zero-order chi connectivity index (χ0) is 13.7. The van der Waals surface area contributed by atoms with E-state index < -0.39 is 0 Å². The Morgan fingerprint density at radius 1 is 1.37 bits per heavy atom. The Labute approximate surface area is 116 Å². The summed E-state index contributed by atoms with van der Waals surface area (Å²) in [5, 5.41) is 3.53. The van der Waals surface area contributed by atoms with E-state index in [0.717, 1.165) is 31.6 Å². The van der Waals surface area contributed by atoms with Gasteiger partial charge in [0.2, 0.25) is 0 Å². The molecule has 1 unspecified atom stereocenters. The molecule has 1 saturated heterocycles. The third kappa shape index (κ3) is 4.59. The number of nitrogens with one attached hydrogen (secondary N) is 1. The number of benzene rings is 1. The summed E-state index contributed by atoms with van der Waals surface area (Å²) >= 11 is 0. The normalized spacial score (nSPS) is 21.9. The number of hydrogen-bond acceptors (Lipinski definition) is 2. The monoisotopic (exact) mass is 264 g/mol. The second-order valence-corrected chi connectivity index (χ2v) is 5.66. The van der Waals surface area contributed by atoms with Crippen molar-refractivity contribution in [1.29, 1.82) is 0 Å². The molecule has 0 aliphatic carbocycles. The lowest BCUT2D eigenvalue weighted by atomic mass is 10.0. The first kappa shape index (κ1) is 14.5. The zero-order valence-corrected chi connectivity index (χ0v) is 12.1. The van der Waals surface area contributed by atoms with Gasteiger partial charge in [-0.25, -0.2) is 4.39 Å². The number of hydrogen-bond donors (Lipinski definition) is 1. The lowest BCUT2D eigenvalue weighted by molar-refractivity contribution is 0.239. The van der Waals surface area contributed by atoms with Crippen LogP contribution >= 0.6 is 0 Å². The van der Waals surface area contributed by atoms with Crippen LogP contribution < -0.4 is 5.32 Å². The number of aryl methyl sites for hydroxylation is 1. The van der Waals surface area contributed by atoms with Crippen molar-refractivity contribution in [2.24, 2.45) is 0 Å². The maximum atomic E-state index is 13.1. The predicted octanol–water partition coefficient (Wildman–Crippen LogP) is 2.75. The predicted molar refractivity (Wildman–Crippen MR) is 78.0 cm³/mol. The summed E-state index contributed by atoms with van der Waals surface area (Å²) in [6, 6.07) is 5.76. The van der Waals surface area contributed by atoms with Gasteiger partial charge in [0, 0.05) is 12.6 Å². The van der Waals surface area contributed by atoms with Crippen molar-refractivity contribution < 1.29 is 4.39 Å². The van der Waals surface area contributed by atoms with Crippen LogP contribution in [-0.4, -0.2) is 37.1 Å². The van der Waals surface area contributed by atoms with Gasteiger partial charge >= 0.3 is 0 Å². The van der Waals surface area contributed by atoms with Crippen molar-refractivity contribution in [3.8, 4) is 0 Å². The average Bonchev–Trinajstić information content (AvgIpc) is 2.35. The molecule has 0 saturated carbocycles. The summed E-state index contributed by atoms with van der Waals surface area (Å²) in [7, 11) is 0. The van der Waals surface area contributed by atoms with Crippen molar-refractivity contribution in [2.75, 3.05) is 26.2 Å². The highest BCUT2D eigenvalue weighted by Crippen LogP contribution is 2.12.